The van der Waals surface area contributed by atoms with Gasteiger partial charge in [0.15, 0.2) is 5.82 Å². The Balaban J connectivity index is 2.49. The monoisotopic (exact) mass is 312 g/mol. The maximum atomic E-state index is 12.3. The van der Waals surface area contributed by atoms with E-state index in [9.17, 15) is 18.5 Å². The van der Waals surface area contributed by atoms with E-state index in [4.69, 9.17) is 10.3 Å². The van der Waals surface area contributed by atoms with Gasteiger partial charge in [0, 0.05) is 12.1 Å². The summed E-state index contributed by atoms with van der Waals surface area (Å²) in [4.78, 5) is 9.87. The van der Waals surface area contributed by atoms with Crippen molar-refractivity contribution in [2.75, 3.05) is 10.5 Å². The minimum Gasteiger partial charge on any atom is -0.393 e. The first-order chi connectivity index (χ1) is 9.70. The summed E-state index contributed by atoms with van der Waals surface area (Å²) in [6.45, 7) is 3.09. The molecule has 0 aliphatic rings. The van der Waals surface area contributed by atoms with Crippen molar-refractivity contribution in [2.45, 2.75) is 18.7 Å². The van der Waals surface area contributed by atoms with Gasteiger partial charge in [0.25, 0.3) is 15.7 Å². The van der Waals surface area contributed by atoms with E-state index >= 15 is 0 Å². The second-order valence-corrected chi connectivity index (χ2v) is 6.01. The molecule has 9 nitrogen and oxygen atoms in total. The van der Waals surface area contributed by atoms with Crippen molar-refractivity contribution in [3.63, 3.8) is 0 Å². The van der Waals surface area contributed by atoms with Gasteiger partial charge in [-0.15, -0.1) is 0 Å². The Morgan fingerprint density at radius 2 is 2.00 bits per heavy atom. The van der Waals surface area contributed by atoms with Crippen LogP contribution in [0.3, 0.4) is 0 Å². The number of rotatable bonds is 4. The SMILES string of the molecule is Cc1cc(NS(=O)(=O)c2cc([N+](=O)[O-])c(N)cc2C)no1. The van der Waals surface area contributed by atoms with Crippen LogP contribution in [0.2, 0.25) is 0 Å². The lowest BCUT2D eigenvalue weighted by Gasteiger charge is -2.09. The Kier molecular flexibility index (Phi) is 3.56. The molecule has 10 heteroatoms. The van der Waals surface area contributed by atoms with E-state index in [1.165, 1.54) is 19.1 Å². The molecule has 1 heterocycles. The summed E-state index contributed by atoms with van der Waals surface area (Å²) in [7, 11) is -4.04. The standard InChI is InChI=1S/C11H12N4O5S/c1-6-3-8(12)9(15(16)17)5-10(6)21(18,19)14-11-4-7(2)20-13-11/h3-5H,12H2,1-2H3,(H,13,14). The van der Waals surface area contributed by atoms with Crippen molar-refractivity contribution in [3.05, 3.63) is 39.6 Å². The fourth-order valence-electron chi connectivity index (χ4n) is 1.75. The normalized spacial score (nSPS) is 11.3. The first-order valence-electron chi connectivity index (χ1n) is 5.71. The largest absolute Gasteiger partial charge is 0.393 e. The quantitative estimate of drug-likeness (QED) is 0.496. The number of benzene rings is 1. The number of nitrogens with one attached hydrogen (secondary N) is 1. The van der Waals surface area contributed by atoms with Crippen LogP contribution in [-0.2, 0) is 10.0 Å². The summed E-state index contributed by atoms with van der Waals surface area (Å²) in [5, 5.41) is 14.4. The number of sulfonamides is 1. The third-order valence-electron chi connectivity index (χ3n) is 2.68. The van der Waals surface area contributed by atoms with Gasteiger partial charge in [-0.05, 0) is 25.5 Å². The van der Waals surface area contributed by atoms with Crippen LogP contribution in [0.15, 0.2) is 27.6 Å². The Morgan fingerprint density at radius 1 is 1.33 bits per heavy atom. The molecule has 1 aromatic carbocycles. The van der Waals surface area contributed by atoms with Crippen molar-refractivity contribution < 1.29 is 17.9 Å². The van der Waals surface area contributed by atoms with Gasteiger partial charge in [0.1, 0.15) is 11.4 Å². The molecule has 112 valence electrons. The van der Waals surface area contributed by atoms with E-state index in [-0.39, 0.29) is 22.0 Å². The number of nitro groups is 1. The molecule has 2 aromatic rings. The van der Waals surface area contributed by atoms with Crippen LogP contribution in [0.5, 0.6) is 0 Å². The van der Waals surface area contributed by atoms with Gasteiger partial charge in [-0.1, -0.05) is 5.16 Å². The number of nitrogens with two attached hydrogens (primary N) is 1. The average molecular weight is 312 g/mol. The predicted molar refractivity (Wildman–Crippen MR) is 74.3 cm³/mol. The fraction of sp³-hybridized carbons (Fsp3) is 0.182. The Labute approximate surface area is 119 Å². The lowest BCUT2D eigenvalue weighted by molar-refractivity contribution is -0.384. The molecule has 3 N–H and O–H groups in total. The number of aromatic nitrogens is 1. The zero-order chi connectivity index (χ0) is 15.8. The number of hydrogen-bond acceptors (Lipinski definition) is 7. The number of aryl methyl sites for hydroxylation is 2. The first-order valence-corrected chi connectivity index (χ1v) is 7.19. The number of nitro benzene ring substituents is 1. The third-order valence-corrected chi connectivity index (χ3v) is 4.17. The van der Waals surface area contributed by atoms with Gasteiger partial charge in [-0.3, -0.25) is 14.8 Å². The van der Waals surface area contributed by atoms with Crippen LogP contribution < -0.4 is 10.5 Å². The van der Waals surface area contributed by atoms with Crippen molar-refractivity contribution >= 4 is 27.2 Å². The van der Waals surface area contributed by atoms with Crippen molar-refractivity contribution in [1.29, 1.82) is 0 Å². The summed E-state index contributed by atoms with van der Waals surface area (Å²) in [6, 6.07) is 3.54. The molecule has 0 unspecified atom stereocenters. The van der Waals surface area contributed by atoms with Crippen LogP contribution in [0.4, 0.5) is 17.2 Å². The molecule has 0 spiro atoms. The number of nitrogens with zero attached hydrogens (tertiary/aromatic N) is 2. The molecule has 0 saturated heterocycles. The van der Waals surface area contributed by atoms with E-state index in [0.29, 0.717) is 5.76 Å². The molecular weight excluding hydrogens is 300 g/mol. The summed E-state index contributed by atoms with van der Waals surface area (Å²) in [6.07, 6.45) is 0. The van der Waals surface area contributed by atoms with E-state index in [1.807, 2.05) is 0 Å². The third kappa shape index (κ3) is 2.94. The molecule has 21 heavy (non-hydrogen) atoms. The average Bonchev–Trinajstić information content (AvgIpc) is 2.72. The Morgan fingerprint density at radius 3 is 2.52 bits per heavy atom. The predicted octanol–water partition coefficient (Wildman–Crippen LogP) is 1.58. The topological polar surface area (TPSA) is 141 Å². The summed E-state index contributed by atoms with van der Waals surface area (Å²) >= 11 is 0. The highest BCUT2D eigenvalue weighted by Crippen LogP contribution is 2.29. The van der Waals surface area contributed by atoms with Crippen LogP contribution in [0, 0.1) is 24.0 Å². The lowest BCUT2D eigenvalue weighted by Crippen LogP contribution is -2.15. The lowest BCUT2D eigenvalue weighted by atomic mass is 10.2. The highest BCUT2D eigenvalue weighted by Gasteiger charge is 2.24. The van der Waals surface area contributed by atoms with Gasteiger partial charge >= 0.3 is 0 Å². The van der Waals surface area contributed by atoms with Gasteiger partial charge in [-0.25, -0.2) is 8.42 Å². The van der Waals surface area contributed by atoms with Crippen molar-refractivity contribution in [1.82, 2.24) is 5.16 Å². The van der Waals surface area contributed by atoms with E-state index in [1.54, 1.807) is 6.92 Å². The van der Waals surface area contributed by atoms with Gasteiger partial charge in [0.2, 0.25) is 0 Å². The number of anilines is 2. The smallest absolute Gasteiger partial charge is 0.293 e. The van der Waals surface area contributed by atoms with Gasteiger partial charge < -0.3 is 10.3 Å². The summed E-state index contributed by atoms with van der Waals surface area (Å²) in [5.74, 6) is 0.416. The molecule has 0 fully saturated rings. The summed E-state index contributed by atoms with van der Waals surface area (Å²) in [5.41, 5.74) is 5.21. The van der Waals surface area contributed by atoms with Crippen LogP contribution in [0.1, 0.15) is 11.3 Å². The van der Waals surface area contributed by atoms with Crippen LogP contribution in [-0.4, -0.2) is 18.5 Å². The van der Waals surface area contributed by atoms with Crippen molar-refractivity contribution in [2.24, 2.45) is 0 Å². The van der Waals surface area contributed by atoms with E-state index in [0.717, 1.165) is 6.07 Å². The number of nitrogen functional groups attached to an aromatic ring is 1. The molecule has 0 saturated carbocycles. The molecule has 0 atom stereocenters. The molecule has 0 bridgehead atoms. The fourth-order valence-corrected chi connectivity index (χ4v) is 2.99. The van der Waals surface area contributed by atoms with Crippen LogP contribution >= 0.6 is 0 Å². The van der Waals surface area contributed by atoms with Gasteiger partial charge in [0.05, 0.1) is 9.82 Å². The second kappa shape index (κ2) is 5.05. The zero-order valence-corrected chi connectivity index (χ0v) is 12.0. The Hall–Kier alpha value is -2.62. The molecule has 0 radical (unpaired) electrons. The minimum atomic E-state index is -4.04. The Bertz CT molecular complexity index is 812. The minimum absolute atomic E-state index is 0.00798. The number of hydrogen-bond donors (Lipinski definition) is 2. The zero-order valence-electron chi connectivity index (χ0n) is 11.2. The van der Waals surface area contributed by atoms with Crippen molar-refractivity contribution in [3.8, 4) is 0 Å². The first kappa shape index (κ1) is 14.8. The maximum Gasteiger partial charge on any atom is 0.293 e. The summed E-state index contributed by atoms with van der Waals surface area (Å²) < 4.78 is 31.5. The second-order valence-electron chi connectivity index (χ2n) is 4.36. The van der Waals surface area contributed by atoms with E-state index < -0.39 is 20.6 Å². The molecule has 0 amide bonds. The highest BCUT2D eigenvalue weighted by molar-refractivity contribution is 7.92. The maximum absolute atomic E-state index is 12.3. The van der Waals surface area contributed by atoms with Gasteiger partial charge in [-0.2, -0.15) is 0 Å². The molecule has 0 aliphatic carbocycles. The molecule has 0 aliphatic heterocycles. The highest BCUT2D eigenvalue weighted by atomic mass is 32.2. The van der Waals surface area contributed by atoms with E-state index in [2.05, 4.69) is 9.88 Å². The molecule has 1 aromatic heterocycles. The molecular formula is C11H12N4O5S. The molecule has 2 rings (SSSR count). The van der Waals surface area contributed by atoms with Crippen LogP contribution in [0.25, 0.3) is 0 Å².